The lowest BCUT2D eigenvalue weighted by Gasteiger charge is -2.49. The minimum Gasteiger partial charge on any atom is -0.496 e. The van der Waals surface area contributed by atoms with Crippen molar-refractivity contribution in [2.24, 2.45) is 0 Å². The highest BCUT2D eigenvalue weighted by Crippen LogP contribution is 2.40. The summed E-state index contributed by atoms with van der Waals surface area (Å²) in [6, 6.07) is 17.2. The summed E-state index contributed by atoms with van der Waals surface area (Å²) in [5.41, 5.74) is 0.576. The molecular formula is C24H26N2O3. The molecule has 0 radical (unpaired) electrons. The first-order valence-electron chi connectivity index (χ1n) is 10.2. The summed E-state index contributed by atoms with van der Waals surface area (Å²) in [6.07, 6.45) is 8.16. The molecule has 1 aliphatic heterocycles. The molecule has 0 aromatic heterocycles. The second kappa shape index (κ2) is 8.11. The molecule has 29 heavy (non-hydrogen) atoms. The van der Waals surface area contributed by atoms with Crippen LogP contribution in [-0.4, -0.2) is 30.5 Å². The fourth-order valence-corrected chi connectivity index (χ4v) is 4.27. The summed E-state index contributed by atoms with van der Waals surface area (Å²) in [4.78, 5) is 27.6. The predicted molar refractivity (Wildman–Crippen MR) is 114 cm³/mol. The molecule has 5 nitrogen and oxygen atoms in total. The number of nitrogens with one attached hydrogen (secondary N) is 1. The average Bonchev–Trinajstić information content (AvgIpc) is 3.24. The molecule has 0 bridgehead atoms. The summed E-state index contributed by atoms with van der Waals surface area (Å²) in [5, 5.41) is 3.19. The van der Waals surface area contributed by atoms with Crippen molar-refractivity contribution in [3.63, 3.8) is 0 Å². The van der Waals surface area contributed by atoms with Crippen LogP contribution < -0.4 is 15.0 Å². The lowest BCUT2D eigenvalue weighted by Crippen LogP contribution is -2.70. The average molecular weight is 390 g/mol. The number of rotatable bonds is 6. The SMILES string of the molecule is COc1ccccc1C=CC1(C(=O)NC2CCCC2)CC(=O)N1c1ccccc1. The lowest BCUT2D eigenvalue weighted by atomic mass is 9.80. The minimum atomic E-state index is -1.03. The second-order valence-electron chi connectivity index (χ2n) is 7.70. The van der Waals surface area contributed by atoms with Crippen LogP contribution in [0.4, 0.5) is 5.69 Å². The van der Waals surface area contributed by atoms with Crippen LogP contribution in [0.5, 0.6) is 5.75 Å². The monoisotopic (exact) mass is 390 g/mol. The topological polar surface area (TPSA) is 58.6 Å². The maximum atomic E-state index is 13.4. The van der Waals surface area contributed by atoms with Crippen LogP contribution in [0.25, 0.3) is 6.08 Å². The van der Waals surface area contributed by atoms with Crippen molar-refractivity contribution in [2.45, 2.75) is 43.7 Å². The molecular weight excluding hydrogens is 364 g/mol. The molecule has 1 saturated heterocycles. The van der Waals surface area contributed by atoms with E-state index in [-0.39, 0.29) is 24.3 Å². The zero-order valence-corrected chi connectivity index (χ0v) is 16.6. The van der Waals surface area contributed by atoms with Crippen LogP contribution in [0.2, 0.25) is 0 Å². The Morgan fingerprint density at radius 2 is 1.79 bits per heavy atom. The molecule has 1 aliphatic carbocycles. The van der Waals surface area contributed by atoms with E-state index < -0.39 is 5.54 Å². The van der Waals surface area contributed by atoms with Crippen molar-refractivity contribution in [3.8, 4) is 5.75 Å². The molecule has 1 atom stereocenters. The van der Waals surface area contributed by atoms with E-state index in [0.717, 1.165) is 42.7 Å². The highest BCUT2D eigenvalue weighted by Gasteiger charge is 2.55. The third kappa shape index (κ3) is 3.65. The summed E-state index contributed by atoms with van der Waals surface area (Å²) >= 11 is 0. The smallest absolute Gasteiger partial charge is 0.251 e. The van der Waals surface area contributed by atoms with Gasteiger partial charge in [-0.3, -0.25) is 14.5 Å². The number of hydrogen-bond donors (Lipinski definition) is 1. The fraction of sp³-hybridized carbons (Fsp3) is 0.333. The highest BCUT2D eigenvalue weighted by atomic mass is 16.5. The molecule has 0 spiro atoms. The van der Waals surface area contributed by atoms with Gasteiger partial charge in [0.1, 0.15) is 5.75 Å². The number of carbonyl (C=O) groups excluding carboxylic acids is 2. The van der Waals surface area contributed by atoms with Gasteiger partial charge in [-0.15, -0.1) is 0 Å². The van der Waals surface area contributed by atoms with Crippen molar-refractivity contribution >= 4 is 23.6 Å². The first-order valence-corrected chi connectivity index (χ1v) is 10.2. The second-order valence-corrected chi connectivity index (χ2v) is 7.70. The molecule has 1 saturated carbocycles. The molecule has 2 aromatic rings. The summed E-state index contributed by atoms with van der Waals surface area (Å²) < 4.78 is 5.43. The van der Waals surface area contributed by atoms with Gasteiger partial charge in [-0.2, -0.15) is 0 Å². The molecule has 1 N–H and O–H groups in total. The Balaban J connectivity index is 1.70. The van der Waals surface area contributed by atoms with Crippen LogP contribution in [0.1, 0.15) is 37.7 Å². The standard InChI is InChI=1S/C24H26N2O3/c1-29-21-14-8-5-9-18(21)15-16-24(23(28)25-19-10-6-7-11-19)17-22(27)26(24)20-12-3-2-4-13-20/h2-5,8-9,12-16,19H,6-7,10-11,17H2,1H3,(H,25,28). The number of nitrogens with zero attached hydrogens (tertiary/aromatic N) is 1. The number of benzene rings is 2. The van der Waals surface area contributed by atoms with Crippen molar-refractivity contribution in [1.29, 1.82) is 0 Å². The number of β-lactam (4-membered cyclic amide) rings is 1. The molecule has 1 unspecified atom stereocenters. The van der Waals surface area contributed by atoms with Gasteiger partial charge >= 0.3 is 0 Å². The Morgan fingerprint density at radius 1 is 1.10 bits per heavy atom. The molecule has 4 rings (SSSR count). The van der Waals surface area contributed by atoms with Crippen LogP contribution in [-0.2, 0) is 9.59 Å². The summed E-state index contributed by atoms with van der Waals surface area (Å²) in [7, 11) is 1.62. The highest BCUT2D eigenvalue weighted by molar-refractivity contribution is 6.15. The largest absolute Gasteiger partial charge is 0.496 e. The number of amides is 2. The van der Waals surface area contributed by atoms with Gasteiger partial charge in [0.15, 0.2) is 5.54 Å². The van der Waals surface area contributed by atoms with E-state index in [1.807, 2.05) is 66.7 Å². The van der Waals surface area contributed by atoms with Crippen LogP contribution >= 0.6 is 0 Å². The van der Waals surface area contributed by atoms with Crippen LogP contribution in [0, 0.1) is 0 Å². The fourth-order valence-electron chi connectivity index (χ4n) is 4.27. The van der Waals surface area contributed by atoms with E-state index >= 15 is 0 Å². The summed E-state index contributed by atoms with van der Waals surface area (Å²) in [5.74, 6) is 0.563. The normalized spacial score (nSPS) is 22.0. The van der Waals surface area contributed by atoms with Crippen LogP contribution in [0.15, 0.2) is 60.7 Å². The van der Waals surface area contributed by atoms with E-state index in [2.05, 4.69) is 5.32 Å². The number of carbonyl (C=O) groups is 2. The summed E-state index contributed by atoms with van der Waals surface area (Å²) in [6.45, 7) is 0. The Kier molecular flexibility index (Phi) is 5.38. The number of ether oxygens (including phenoxy) is 1. The van der Waals surface area contributed by atoms with E-state index in [0.29, 0.717) is 0 Å². The number of para-hydroxylation sites is 2. The third-order valence-corrected chi connectivity index (χ3v) is 5.84. The molecule has 5 heteroatoms. The first-order chi connectivity index (χ1) is 14.1. The van der Waals surface area contributed by atoms with Gasteiger partial charge in [0.25, 0.3) is 5.91 Å². The van der Waals surface area contributed by atoms with Crippen molar-refractivity contribution in [1.82, 2.24) is 5.32 Å². The zero-order valence-electron chi connectivity index (χ0n) is 16.6. The van der Waals surface area contributed by atoms with Gasteiger partial charge in [0.2, 0.25) is 5.91 Å². The molecule has 2 aromatic carbocycles. The maximum Gasteiger partial charge on any atom is 0.251 e. The Bertz CT molecular complexity index is 919. The number of anilines is 1. The predicted octanol–water partition coefficient (Wildman–Crippen LogP) is 3.94. The zero-order chi connectivity index (χ0) is 20.3. The van der Waals surface area contributed by atoms with E-state index in [1.165, 1.54) is 0 Å². The molecule has 2 fully saturated rings. The van der Waals surface area contributed by atoms with Crippen LogP contribution in [0.3, 0.4) is 0 Å². The van der Waals surface area contributed by atoms with Gasteiger partial charge in [-0.1, -0.05) is 55.3 Å². The van der Waals surface area contributed by atoms with Gasteiger partial charge in [-0.25, -0.2) is 0 Å². The van der Waals surface area contributed by atoms with Crippen molar-refractivity contribution < 1.29 is 14.3 Å². The van der Waals surface area contributed by atoms with Gasteiger partial charge < -0.3 is 10.1 Å². The van der Waals surface area contributed by atoms with Gasteiger partial charge in [0, 0.05) is 17.3 Å². The number of hydrogen-bond acceptors (Lipinski definition) is 3. The quantitative estimate of drug-likeness (QED) is 0.760. The van der Waals surface area contributed by atoms with Crippen molar-refractivity contribution in [3.05, 3.63) is 66.2 Å². The minimum absolute atomic E-state index is 0.0533. The van der Waals surface area contributed by atoms with E-state index in [9.17, 15) is 9.59 Å². The van der Waals surface area contributed by atoms with E-state index in [1.54, 1.807) is 12.0 Å². The van der Waals surface area contributed by atoms with E-state index in [4.69, 9.17) is 4.74 Å². The lowest BCUT2D eigenvalue weighted by molar-refractivity contribution is -0.137. The molecule has 150 valence electrons. The Morgan fingerprint density at radius 3 is 2.48 bits per heavy atom. The van der Waals surface area contributed by atoms with Gasteiger partial charge in [0.05, 0.1) is 13.5 Å². The third-order valence-electron chi connectivity index (χ3n) is 5.84. The Labute approximate surface area is 171 Å². The Hall–Kier alpha value is -3.08. The first kappa shape index (κ1) is 19.2. The number of methoxy groups -OCH3 is 1. The van der Waals surface area contributed by atoms with Crippen molar-refractivity contribution in [2.75, 3.05) is 12.0 Å². The maximum absolute atomic E-state index is 13.4. The van der Waals surface area contributed by atoms with Gasteiger partial charge in [-0.05, 0) is 37.1 Å². The molecule has 2 amide bonds. The molecule has 1 heterocycles. The molecule has 2 aliphatic rings.